The molecule has 1 aromatic carbocycles. The highest BCUT2D eigenvalue weighted by atomic mass is 32.1. The molecule has 0 spiro atoms. The Labute approximate surface area is 148 Å². The van der Waals surface area contributed by atoms with Gasteiger partial charge in [-0.2, -0.15) is 13.2 Å². The number of carbonyl (C=O) groups excluding carboxylic acids is 1. The van der Waals surface area contributed by atoms with E-state index < -0.39 is 24.5 Å². The molecule has 11 heteroatoms. The zero-order valence-corrected chi connectivity index (χ0v) is 13.6. The van der Waals surface area contributed by atoms with Crippen molar-refractivity contribution in [1.82, 2.24) is 15.0 Å². The van der Waals surface area contributed by atoms with Gasteiger partial charge in [-0.3, -0.25) is 4.79 Å². The number of pyridine rings is 1. The topological polar surface area (TPSA) is 82.8 Å². The number of H-pyrrole nitrogens is 2. The minimum absolute atomic E-state index is 0.00440. The van der Waals surface area contributed by atoms with Crippen molar-refractivity contribution in [2.75, 3.05) is 11.9 Å². The van der Waals surface area contributed by atoms with Crippen molar-refractivity contribution in [3.63, 3.8) is 0 Å². The van der Waals surface area contributed by atoms with E-state index in [9.17, 15) is 22.4 Å². The molecule has 6 nitrogen and oxygen atoms in total. The summed E-state index contributed by atoms with van der Waals surface area (Å²) >= 11 is 4.93. The molecule has 0 radical (unpaired) electrons. The SMILES string of the molecule is O=C(Nc1ccc(OCC(F)(F)F)nc1)c1cc(F)cc2[nH]c(=S)[nH]c12. The summed E-state index contributed by atoms with van der Waals surface area (Å²) in [7, 11) is 0. The fourth-order valence-electron chi connectivity index (χ4n) is 2.18. The largest absolute Gasteiger partial charge is 0.468 e. The number of nitrogens with zero attached hydrogens (tertiary/aromatic N) is 1. The zero-order chi connectivity index (χ0) is 18.9. The van der Waals surface area contributed by atoms with Gasteiger partial charge in [0, 0.05) is 6.07 Å². The van der Waals surface area contributed by atoms with E-state index in [-0.39, 0.29) is 21.9 Å². The maximum absolute atomic E-state index is 13.7. The van der Waals surface area contributed by atoms with Crippen LogP contribution in [0, 0.1) is 10.6 Å². The predicted octanol–water partition coefficient (Wildman–Crippen LogP) is 3.95. The molecule has 1 amide bonds. The zero-order valence-electron chi connectivity index (χ0n) is 12.8. The molecule has 0 fully saturated rings. The van der Waals surface area contributed by atoms with Crippen LogP contribution in [-0.4, -0.2) is 33.6 Å². The van der Waals surface area contributed by atoms with E-state index in [4.69, 9.17) is 12.2 Å². The van der Waals surface area contributed by atoms with Crippen molar-refractivity contribution in [2.45, 2.75) is 6.18 Å². The van der Waals surface area contributed by atoms with E-state index in [0.717, 1.165) is 12.3 Å². The number of anilines is 1. The van der Waals surface area contributed by atoms with Crippen molar-refractivity contribution >= 4 is 34.8 Å². The van der Waals surface area contributed by atoms with E-state index >= 15 is 0 Å². The number of aromatic amines is 2. The molecule has 136 valence electrons. The van der Waals surface area contributed by atoms with Gasteiger partial charge in [0.25, 0.3) is 5.91 Å². The van der Waals surface area contributed by atoms with Crippen LogP contribution in [0.4, 0.5) is 23.2 Å². The van der Waals surface area contributed by atoms with Crippen molar-refractivity contribution in [3.8, 4) is 5.88 Å². The average molecular weight is 386 g/mol. The fraction of sp³-hybridized carbons (Fsp3) is 0.133. The van der Waals surface area contributed by atoms with E-state index in [0.29, 0.717) is 11.0 Å². The van der Waals surface area contributed by atoms with Gasteiger partial charge in [-0.05, 0) is 30.4 Å². The first-order chi connectivity index (χ1) is 12.2. The van der Waals surface area contributed by atoms with E-state index in [1.54, 1.807) is 0 Å². The lowest BCUT2D eigenvalue weighted by Gasteiger charge is -2.09. The van der Waals surface area contributed by atoms with Crippen molar-refractivity contribution in [2.24, 2.45) is 0 Å². The minimum atomic E-state index is -4.48. The second kappa shape index (κ2) is 6.75. The highest BCUT2D eigenvalue weighted by molar-refractivity contribution is 7.71. The number of halogens is 4. The maximum atomic E-state index is 13.7. The number of aromatic nitrogens is 3. The quantitative estimate of drug-likeness (QED) is 0.468. The Morgan fingerprint density at radius 3 is 2.69 bits per heavy atom. The molecule has 26 heavy (non-hydrogen) atoms. The smallest absolute Gasteiger partial charge is 0.422 e. The normalized spacial score (nSPS) is 11.5. The lowest BCUT2D eigenvalue weighted by molar-refractivity contribution is -0.154. The Morgan fingerprint density at radius 2 is 2.04 bits per heavy atom. The van der Waals surface area contributed by atoms with Gasteiger partial charge in [-0.25, -0.2) is 9.37 Å². The number of nitrogens with one attached hydrogen (secondary N) is 3. The molecule has 0 bridgehead atoms. The molecule has 2 heterocycles. The van der Waals surface area contributed by atoms with Gasteiger partial charge in [-0.15, -0.1) is 0 Å². The van der Waals surface area contributed by atoms with Crippen molar-refractivity contribution in [1.29, 1.82) is 0 Å². The van der Waals surface area contributed by atoms with Gasteiger partial charge in [0.2, 0.25) is 5.88 Å². The Kier molecular flexibility index (Phi) is 4.64. The number of carbonyl (C=O) groups is 1. The standard InChI is InChI=1S/C15H10F4N4O2S/c16-7-3-9(12-10(4-7)22-14(26)23-12)13(24)21-8-1-2-11(20-5-8)25-6-15(17,18)19/h1-5H,6H2,(H,21,24)(H2,22,23,26). The lowest BCUT2D eigenvalue weighted by Crippen LogP contribution is -2.19. The third-order valence-electron chi connectivity index (χ3n) is 3.21. The molecule has 0 atom stereocenters. The van der Waals surface area contributed by atoms with Gasteiger partial charge >= 0.3 is 6.18 Å². The molecule has 2 aromatic heterocycles. The van der Waals surface area contributed by atoms with Crippen LogP contribution in [0.3, 0.4) is 0 Å². The molecule has 3 rings (SSSR count). The van der Waals surface area contributed by atoms with Crippen LogP contribution in [-0.2, 0) is 0 Å². The van der Waals surface area contributed by atoms with Gasteiger partial charge in [0.05, 0.1) is 28.5 Å². The number of fused-ring (bicyclic) bond motifs is 1. The monoisotopic (exact) mass is 386 g/mol. The van der Waals surface area contributed by atoms with Gasteiger partial charge < -0.3 is 20.0 Å². The summed E-state index contributed by atoms with van der Waals surface area (Å²) in [5, 5.41) is 2.47. The second-order valence-corrected chi connectivity index (χ2v) is 5.61. The number of ether oxygens (including phenoxy) is 1. The van der Waals surface area contributed by atoms with E-state index in [1.165, 1.54) is 18.2 Å². The molecule has 3 N–H and O–H groups in total. The third kappa shape index (κ3) is 4.17. The van der Waals surface area contributed by atoms with E-state index in [1.807, 2.05) is 0 Å². The summed E-state index contributed by atoms with van der Waals surface area (Å²) in [5.41, 5.74) is 0.854. The summed E-state index contributed by atoms with van der Waals surface area (Å²) in [6.45, 7) is -1.47. The summed E-state index contributed by atoms with van der Waals surface area (Å²) in [5.74, 6) is -1.53. The first-order valence-corrected chi connectivity index (χ1v) is 7.50. The molecule has 0 aliphatic carbocycles. The fourth-order valence-corrected chi connectivity index (χ4v) is 2.39. The van der Waals surface area contributed by atoms with E-state index in [2.05, 4.69) is 25.0 Å². The molecule has 3 aromatic rings. The number of imidazole rings is 1. The van der Waals surface area contributed by atoms with Crippen molar-refractivity contribution < 1.29 is 27.1 Å². The van der Waals surface area contributed by atoms with Gasteiger partial charge in [0.15, 0.2) is 11.4 Å². The number of benzene rings is 1. The Morgan fingerprint density at radius 1 is 1.27 bits per heavy atom. The number of hydrogen-bond donors (Lipinski definition) is 3. The molecule has 0 unspecified atom stereocenters. The maximum Gasteiger partial charge on any atom is 0.422 e. The third-order valence-corrected chi connectivity index (χ3v) is 3.42. The van der Waals surface area contributed by atoms with Crippen LogP contribution in [0.5, 0.6) is 5.88 Å². The van der Waals surface area contributed by atoms with Crippen LogP contribution >= 0.6 is 12.2 Å². The highest BCUT2D eigenvalue weighted by Gasteiger charge is 2.28. The lowest BCUT2D eigenvalue weighted by atomic mass is 10.1. The molecule has 0 aliphatic heterocycles. The molecule has 0 aliphatic rings. The molecule has 0 saturated heterocycles. The summed E-state index contributed by atoms with van der Waals surface area (Å²) in [6.07, 6.45) is -3.35. The molecular formula is C15H10F4N4O2S. The van der Waals surface area contributed by atoms with Crippen molar-refractivity contribution in [3.05, 3.63) is 46.6 Å². The Balaban J connectivity index is 1.77. The summed E-state index contributed by atoms with van der Waals surface area (Å²) < 4.78 is 54.6. The van der Waals surface area contributed by atoms with Gasteiger partial charge in [-0.1, -0.05) is 0 Å². The predicted molar refractivity (Wildman–Crippen MR) is 87.2 cm³/mol. The number of rotatable bonds is 4. The summed E-state index contributed by atoms with van der Waals surface area (Å²) in [6, 6.07) is 4.70. The van der Waals surface area contributed by atoms with Crippen LogP contribution in [0.1, 0.15) is 10.4 Å². The number of amides is 1. The minimum Gasteiger partial charge on any atom is -0.468 e. The second-order valence-electron chi connectivity index (χ2n) is 5.20. The summed E-state index contributed by atoms with van der Waals surface area (Å²) in [4.78, 5) is 21.5. The van der Waals surface area contributed by atoms with Crippen LogP contribution in [0.2, 0.25) is 0 Å². The highest BCUT2D eigenvalue weighted by Crippen LogP contribution is 2.21. The van der Waals surface area contributed by atoms with Crippen LogP contribution in [0.25, 0.3) is 11.0 Å². The number of alkyl halides is 3. The van der Waals surface area contributed by atoms with Crippen LogP contribution < -0.4 is 10.1 Å². The van der Waals surface area contributed by atoms with Crippen LogP contribution in [0.15, 0.2) is 30.5 Å². The molecule has 0 saturated carbocycles. The number of hydrogen-bond acceptors (Lipinski definition) is 4. The Hall–Kier alpha value is -2.95. The Bertz CT molecular complexity index is 1010. The van der Waals surface area contributed by atoms with Gasteiger partial charge in [0.1, 0.15) is 5.82 Å². The molecular weight excluding hydrogens is 376 g/mol. The first-order valence-electron chi connectivity index (χ1n) is 7.10. The first kappa shape index (κ1) is 17.9. The average Bonchev–Trinajstić information content (AvgIpc) is 2.92.